The van der Waals surface area contributed by atoms with Gasteiger partial charge in [0.05, 0.1) is 12.1 Å². The van der Waals surface area contributed by atoms with Gasteiger partial charge < -0.3 is 9.84 Å². The molecule has 0 aliphatic heterocycles. The number of aliphatic hydroxyl groups is 1. The first-order valence-corrected chi connectivity index (χ1v) is 7.23. The normalized spacial score (nSPS) is 13.9. The summed E-state index contributed by atoms with van der Waals surface area (Å²) in [6, 6.07) is 13.1. The zero-order valence-corrected chi connectivity index (χ0v) is 13.6. The molecule has 0 aliphatic rings. The van der Waals surface area contributed by atoms with Crippen LogP contribution in [0, 0.1) is 3.57 Å². The van der Waals surface area contributed by atoms with Gasteiger partial charge in [0, 0.05) is 3.57 Å². The summed E-state index contributed by atoms with van der Waals surface area (Å²) in [5.41, 5.74) is 0.495. The molecule has 100 valence electrons. The van der Waals surface area contributed by atoms with E-state index in [4.69, 9.17) is 16.3 Å². The van der Waals surface area contributed by atoms with E-state index in [2.05, 4.69) is 22.6 Å². The van der Waals surface area contributed by atoms with Crippen LogP contribution in [0.2, 0.25) is 5.02 Å². The lowest BCUT2D eigenvalue weighted by molar-refractivity contribution is 0.102. The van der Waals surface area contributed by atoms with Gasteiger partial charge in [0.15, 0.2) is 0 Å². The molecule has 2 aromatic rings. The fourth-order valence-corrected chi connectivity index (χ4v) is 2.46. The van der Waals surface area contributed by atoms with Crippen LogP contribution in [-0.2, 0) is 5.60 Å². The van der Waals surface area contributed by atoms with Crippen molar-refractivity contribution >= 4 is 34.2 Å². The van der Waals surface area contributed by atoms with Crippen LogP contribution in [0.4, 0.5) is 0 Å². The molecular weight excluding hydrogens is 375 g/mol. The van der Waals surface area contributed by atoms with Gasteiger partial charge in [-0.1, -0.05) is 29.8 Å². The highest BCUT2D eigenvalue weighted by Crippen LogP contribution is 2.34. The first kappa shape index (κ1) is 14.6. The number of rotatable bonds is 3. The molecule has 0 saturated carbocycles. The highest BCUT2D eigenvalue weighted by atomic mass is 127. The fourth-order valence-electron chi connectivity index (χ4n) is 1.90. The highest BCUT2D eigenvalue weighted by Gasteiger charge is 2.26. The maximum absolute atomic E-state index is 10.8. The summed E-state index contributed by atoms with van der Waals surface area (Å²) in [5, 5.41) is 11.3. The van der Waals surface area contributed by atoms with E-state index in [1.54, 1.807) is 26.2 Å². The average Bonchev–Trinajstić information content (AvgIpc) is 2.39. The van der Waals surface area contributed by atoms with Crippen LogP contribution in [0.15, 0.2) is 42.5 Å². The largest absolute Gasteiger partial charge is 0.495 e. The molecule has 0 aromatic heterocycles. The molecule has 2 rings (SSSR count). The molecule has 1 N–H and O–H groups in total. The number of halogens is 2. The van der Waals surface area contributed by atoms with E-state index in [-0.39, 0.29) is 0 Å². The molecule has 0 spiro atoms. The second-order valence-corrected chi connectivity index (χ2v) is 6.08. The highest BCUT2D eigenvalue weighted by molar-refractivity contribution is 14.1. The molecule has 0 saturated heterocycles. The summed E-state index contributed by atoms with van der Waals surface area (Å²) in [5.74, 6) is 0.560. The molecule has 0 radical (unpaired) electrons. The molecule has 1 atom stereocenters. The van der Waals surface area contributed by atoms with Crippen LogP contribution in [0.25, 0.3) is 0 Å². The first-order chi connectivity index (χ1) is 8.95. The van der Waals surface area contributed by atoms with Crippen LogP contribution in [0.1, 0.15) is 18.1 Å². The molecular formula is C15H14ClIO2. The Labute approximate surface area is 131 Å². The number of ether oxygens (including phenoxy) is 1. The Bertz CT molecular complexity index is 579. The Kier molecular flexibility index (Phi) is 4.38. The molecule has 2 aromatic carbocycles. The number of methoxy groups -OCH3 is 1. The van der Waals surface area contributed by atoms with Gasteiger partial charge in [0.25, 0.3) is 0 Å². The topological polar surface area (TPSA) is 29.5 Å². The van der Waals surface area contributed by atoms with Crippen LogP contribution in [-0.4, -0.2) is 12.2 Å². The zero-order valence-electron chi connectivity index (χ0n) is 10.7. The smallest absolute Gasteiger partial charge is 0.137 e. The summed E-state index contributed by atoms with van der Waals surface area (Å²) in [7, 11) is 1.56. The number of benzene rings is 2. The van der Waals surface area contributed by atoms with Crippen molar-refractivity contribution in [3.63, 3.8) is 0 Å². The van der Waals surface area contributed by atoms with Gasteiger partial charge in [0.1, 0.15) is 11.4 Å². The molecule has 0 aliphatic carbocycles. The molecule has 2 nitrogen and oxygen atoms in total. The van der Waals surface area contributed by atoms with Gasteiger partial charge in [-0.2, -0.15) is 0 Å². The van der Waals surface area contributed by atoms with Gasteiger partial charge in [-0.05, 0) is 64.9 Å². The maximum Gasteiger partial charge on any atom is 0.137 e. The molecule has 0 heterocycles. The third-order valence-electron chi connectivity index (χ3n) is 3.12. The van der Waals surface area contributed by atoms with Crippen molar-refractivity contribution in [2.45, 2.75) is 12.5 Å². The van der Waals surface area contributed by atoms with Crippen LogP contribution >= 0.6 is 34.2 Å². The minimum atomic E-state index is -1.08. The number of hydrogen-bond acceptors (Lipinski definition) is 2. The molecule has 0 fully saturated rings. The van der Waals surface area contributed by atoms with Gasteiger partial charge in [-0.3, -0.25) is 0 Å². The third-order valence-corrected chi connectivity index (χ3v) is 4.15. The molecule has 4 heteroatoms. The Balaban J connectivity index is 2.46. The van der Waals surface area contributed by atoms with Crippen LogP contribution < -0.4 is 4.74 Å². The summed E-state index contributed by atoms with van der Waals surface area (Å²) < 4.78 is 6.32. The minimum Gasteiger partial charge on any atom is -0.495 e. The quantitative estimate of drug-likeness (QED) is 0.798. The first-order valence-electron chi connectivity index (χ1n) is 5.77. The standard InChI is InChI=1S/C15H14ClIO2/c1-15(18,10-3-6-12(17)7-4-10)11-5-8-13(16)14(9-11)19-2/h3-9,18H,1-2H3. The Morgan fingerprint density at radius 1 is 1.11 bits per heavy atom. The molecule has 1 unspecified atom stereocenters. The predicted octanol–water partition coefficient (Wildman–Crippen LogP) is 4.21. The van der Waals surface area contributed by atoms with Gasteiger partial charge in [0.2, 0.25) is 0 Å². The second-order valence-electron chi connectivity index (χ2n) is 4.43. The van der Waals surface area contributed by atoms with Crippen LogP contribution in [0.5, 0.6) is 5.75 Å². The van der Waals surface area contributed by atoms with E-state index in [1.807, 2.05) is 30.3 Å². The summed E-state index contributed by atoms with van der Waals surface area (Å²) >= 11 is 8.24. The lowest BCUT2D eigenvalue weighted by Crippen LogP contribution is -2.22. The summed E-state index contributed by atoms with van der Waals surface area (Å²) in [4.78, 5) is 0. The van der Waals surface area contributed by atoms with Crippen LogP contribution in [0.3, 0.4) is 0 Å². The van der Waals surface area contributed by atoms with E-state index in [1.165, 1.54) is 0 Å². The molecule has 0 bridgehead atoms. The van der Waals surface area contributed by atoms with Crippen molar-refractivity contribution in [1.82, 2.24) is 0 Å². The average molecular weight is 389 g/mol. The zero-order chi connectivity index (χ0) is 14.0. The van der Waals surface area contributed by atoms with Crippen molar-refractivity contribution in [1.29, 1.82) is 0 Å². The summed E-state index contributed by atoms with van der Waals surface area (Å²) in [6.07, 6.45) is 0. The predicted molar refractivity (Wildman–Crippen MR) is 85.8 cm³/mol. The van der Waals surface area contributed by atoms with E-state index in [0.717, 1.165) is 14.7 Å². The minimum absolute atomic E-state index is 0.532. The Morgan fingerprint density at radius 2 is 1.68 bits per heavy atom. The Hall–Kier alpha value is -0.780. The summed E-state index contributed by atoms with van der Waals surface area (Å²) in [6.45, 7) is 1.76. The Morgan fingerprint density at radius 3 is 2.26 bits per heavy atom. The molecule has 19 heavy (non-hydrogen) atoms. The van der Waals surface area contributed by atoms with Crippen molar-refractivity contribution in [2.75, 3.05) is 7.11 Å². The van der Waals surface area contributed by atoms with E-state index in [0.29, 0.717) is 10.8 Å². The third kappa shape index (κ3) is 3.04. The van der Waals surface area contributed by atoms with Gasteiger partial charge in [-0.15, -0.1) is 0 Å². The van der Waals surface area contributed by atoms with Gasteiger partial charge in [-0.25, -0.2) is 0 Å². The lowest BCUT2D eigenvalue weighted by atomic mass is 9.88. The maximum atomic E-state index is 10.8. The molecule has 0 amide bonds. The second kappa shape index (κ2) is 5.69. The fraction of sp³-hybridized carbons (Fsp3) is 0.200. The van der Waals surface area contributed by atoms with Crippen molar-refractivity contribution in [3.8, 4) is 5.75 Å². The van der Waals surface area contributed by atoms with Crippen molar-refractivity contribution < 1.29 is 9.84 Å². The van der Waals surface area contributed by atoms with Crippen molar-refractivity contribution in [2.24, 2.45) is 0 Å². The lowest BCUT2D eigenvalue weighted by Gasteiger charge is -2.25. The van der Waals surface area contributed by atoms with E-state index in [9.17, 15) is 5.11 Å². The van der Waals surface area contributed by atoms with Gasteiger partial charge >= 0.3 is 0 Å². The monoisotopic (exact) mass is 388 g/mol. The van der Waals surface area contributed by atoms with Crippen molar-refractivity contribution in [3.05, 3.63) is 62.2 Å². The van der Waals surface area contributed by atoms with E-state index >= 15 is 0 Å². The SMILES string of the molecule is COc1cc(C(C)(O)c2ccc(I)cc2)ccc1Cl. The number of hydrogen-bond donors (Lipinski definition) is 1. The van der Waals surface area contributed by atoms with E-state index < -0.39 is 5.60 Å².